The topological polar surface area (TPSA) is 85.4 Å². The van der Waals surface area contributed by atoms with Gasteiger partial charge in [-0.15, -0.1) is 0 Å². The molecule has 1 aromatic carbocycles. The van der Waals surface area contributed by atoms with Gasteiger partial charge in [-0.25, -0.2) is 0 Å². The Hall–Kier alpha value is -1.84. The summed E-state index contributed by atoms with van der Waals surface area (Å²) in [5, 5.41) is 19.0. The molecule has 6 nitrogen and oxygen atoms in total. The zero-order valence-corrected chi connectivity index (χ0v) is 10.4. The lowest BCUT2D eigenvalue weighted by Crippen LogP contribution is -2.12. The summed E-state index contributed by atoms with van der Waals surface area (Å²) < 4.78 is 10.4. The molecule has 1 rings (SSSR count). The van der Waals surface area contributed by atoms with Gasteiger partial charge in [0, 0.05) is 12.1 Å². The van der Waals surface area contributed by atoms with Crippen LogP contribution in [-0.2, 0) is 4.74 Å². The number of hydrogen-bond donors (Lipinski definition) is 0. The predicted molar refractivity (Wildman–Crippen MR) is 64.6 cm³/mol. The first-order valence-corrected chi connectivity index (χ1v) is 5.50. The van der Waals surface area contributed by atoms with Crippen molar-refractivity contribution in [3.05, 3.63) is 33.3 Å². The second-order valence-electron chi connectivity index (χ2n) is 3.36. The lowest BCUT2D eigenvalue weighted by molar-refractivity contribution is -0.384. The summed E-state index contributed by atoms with van der Waals surface area (Å²) in [6.07, 6.45) is -0.492. The third kappa shape index (κ3) is 4.20. The molecule has 0 saturated carbocycles. The van der Waals surface area contributed by atoms with E-state index in [0.29, 0.717) is 5.75 Å². The number of halogens is 1. The average Bonchev–Trinajstić information content (AvgIpc) is 2.34. The van der Waals surface area contributed by atoms with E-state index < -0.39 is 11.0 Å². The van der Waals surface area contributed by atoms with Gasteiger partial charge in [-0.1, -0.05) is 11.6 Å². The van der Waals surface area contributed by atoms with Crippen LogP contribution in [0, 0.1) is 21.4 Å². The van der Waals surface area contributed by atoms with Crippen LogP contribution < -0.4 is 4.74 Å². The normalized spacial score (nSPS) is 11.6. The molecule has 0 fully saturated rings. The second-order valence-corrected chi connectivity index (χ2v) is 3.77. The van der Waals surface area contributed by atoms with E-state index in [0.717, 1.165) is 0 Å². The fourth-order valence-corrected chi connectivity index (χ4v) is 1.39. The summed E-state index contributed by atoms with van der Waals surface area (Å²) in [5.74, 6) is 0.416. The molecule has 0 amide bonds. The Morgan fingerprint density at radius 1 is 1.56 bits per heavy atom. The van der Waals surface area contributed by atoms with Crippen LogP contribution in [0.3, 0.4) is 0 Å². The highest BCUT2D eigenvalue weighted by Crippen LogP contribution is 2.28. The van der Waals surface area contributed by atoms with E-state index in [1.165, 1.54) is 18.2 Å². The minimum atomic E-state index is -0.566. The van der Waals surface area contributed by atoms with Gasteiger partial charge < -0.3 is 9.47 Å². The van der Waals surface area contributed by atoms with E-state index in [1.54, 1.807) is 6.92 Å². The Kier molecular flexibility index (Phi) is 5.36. The zero-order chi connectivity index (χ0) is 13.5. The van der Waals surface area contributed by atoms with E-state index in [2.05, 4.69) is 0 Å². The van der Waals surface area contributed by atoms with Crippen LogP contribution >= 0.6 is 11.6 Å². The quantitative estimate of drug-likeness (QED) is 0.450. The van der Waals surface area contributed by atoms with Crippen molar-refractivity contribution in [1.82, 2.24) is 0 Å². The van der Waals surface area contributed by atoms with Gasteiger partial charge in [-0.05, 0) is 13.0 Å². The molecule has 0 aliphatic carbocycles. The summed E-state index contributed by atoms with van der Waals surface area (Å²) in [6, 6.07) is 6.02. The monoisotopic (exact) mass is 270 g/mol. The number of rotatable bonds is 6. The minimum Gasteiger partial charge on any atom is -0.491 e. The summed E-state index contributed by atoms with van der Waals surface area (Å²) in [5.41, 5.74) is -0.168. The smallest absolute Gasteiger partial charge is 0.288 e. The molecule has 0 N–H and O–H groups in total. The molecule has 0 saturated heterocycles. The van der Waals surface area contributed by atoms with Crippen molar-refractivity contribution in [3.63, 3.8) is 0 Å². The number of nitro benzene ring substituents is 1. The molecule has 1 atom stereocenters. The van der Waals surface area contributed by atoms with Gasteiger partial charge >= 0.3 is 0 Å². The van der Waals surface area contributed by atoms with E-state index in [9.17, 15) is 10.1 Å². The number of hydrogen-bond acceptors (Lipinski definition) is 5. The first kappa shape index (κ1) is 14.2. The van der Waals surface area contributed by atoms with Crippen LogP contribution in [0.25, 0.3) is 0 Å². The average molecular weight is 271 g/mol. The maximum Gasteiger partial charge on any atom is 0.288 e. The number of nitro groups is 1. The van der Waals surface area contributed by atoms with E-state index in [-0.39, 0.29) is 23.9 Å². The second kappa shape index (κ2) is 6.79. The molecular formula is C11H11ClN2O4. The third-order valence-corrected chi connectivity index (χ3v) is 2.32. The third-order valence-electron chi connectivity index (χ3n) is 2.02. The van der Waals surface area contributed by atoms with Crippen molar-refractivity contribution >= 4 is 17.3 Å². The minimum absolute atomic E-state index is 0.0174. The van der Waals surface area contributed by atoms with Crippen LogP contribution in [0.4, 0.5) is 5.69 Å². The van der Waals surface area contributed by atoms with Crippen molar-refractivity contribution < 1.29 is 14.4 Å². The van der Waals surface area contributed by atoms with Gasteiger partial charge in [-0.3, -0.25) is 10.1 Å². The number of ether oxygens (including phenoxy) is 2. The predicted octanol–water partition coefficient (Wildman–Crippen LogP) is 2.56. The van der Waals surface area contributed by atoms with Crippen molar-refractivity contribution in [1.29, 1.82) is 5.26 Å². The van der Waals surface area contributed by atoms with Crippen LogP contribution in [-0.4, -0.2) is 24.2 Å². The number of benzene rings is 1. The molecule has 0 heterocycles. The standard InChI is InChI=1S/C11H11ClN2O4/c1-8(7-13)17-4-5-18-9-2-3-11(14(15)16)10(12)6-9/h2-3,6,8H,4-5H2,1H3. The largest absolute Gasteiger partial charge is 0.491 e. The molecule has 0 aromatic heterocycles. The Morgan fingerprint density at radius 3 is 2.83 bits per heavy atom. The molecule has 96 valence electrons. The number of nitrogens with zero attached hydrogens (tertiary/aromatic N) is 2. The Morgan fingerprint density at radius 2 is 2.28 bits per heavy atom. The maximum atomic E-state index is 10.5. The van der Waals surface area contributed by atoms with Crippen LogP contribution in [0.15, 0.2) is 18.2 Å². The molecule has 1 unspecified atom stereocenters. The van der Waals surface area contributed by atoms with Crippen molar-refractivity contribution in [2.45, 2.75) is 13.0 Å². The molecule has 1 aromatic rings. The van der Waals surface area contributed by atoms with E-state index in [4.69, 9.17) is 26.3 Å². The molecule has 0 bridgehead atoms. The summed E-state index contributed by atoms with van der Waals surface area (Å²) in [4.78, 5) is 9.97. The lowest BCUT2D eigenvalue weighted by Gasteiger charge is -2.08. The molecule has 0 radical (unpaired) electrons. The molecule has 18 heavy (non-hydrogen) atoms. The molecular weight excluding hydrogens is 260 g/mol. The summed E-state index contributed by atoms with van der Waals surface area (Å²) in [7, 11) is 0. The highest BCUT2D eigenvalue weighted by atomic mass is 35.5. The van der Waals surface area contributed by atoms with E-state index >= 15 is 0 Å². The van der Waals surface area contributed by atoms with Gasteiger partial charge in [0.2, 0.25) is 0 Å². The van der Waals surface area contributed by atoms with Gasteiger partial charge in [0.05, 0.1) is 17.6 Å². The molecule has 7 heteroatoms. The summed E-state index contributed by atoms with van der Waals surface area (Å²) >= 11 is 5.71. The fraction of sp³-hybridized carbons (Fsp3) is 0.364. The Bertz CT molecular complexity index is 473. The SMILES string of the molecule is CC(C#N)OCCOc1ccc([N+](=O)[O-])c(Cl)c1. The zero-order valence-electron chi connectivity index (χ0n) is 9.63. The Balaban J connectivity index is 2.47. The first-order valence-electron chi connectivity index (χ1n) is 5.12. The van der Waals surface area contributed by atoms with Gasteiger partial charge in [0.1, 0.15) is 23.5 Å². The lowest BCUT2D eigenvalue weighted by atomic mass is 10.3. The molecule has 0 aliphatic heterocycles. The van der Waals surface area contributed by atoms with Crippen LogP contribution in [0.2, 0.25) is 5.02 Å². The van der Waals surface area contributed by atoms with Gasteiger partial charge in [0.15, 0.2) is 0 Å². The van der Waals surface area contributed by atoms with Crippen molar-refractivity contribution in [3.8, 4) is 11.8 Å². The highest BCUT2D eigenvalue weighted by molar-refractivity contribution is 6.32. The van der Waals surface area contributed by atoms with Crippen molar-refractivity contribution in [2.75, 3.05) is 13.2 Å². The molecule has 0 aliphatic rings. The number of nitriles is 1. The Labute approximate surface area is 109 Å². The summed E-state index contributed by atoms with van der Waals surface area (Å²) in [6.45, 7) is 2.12. The van der Waals surface area contributed by atoms with Crippen LogP contribution in [0.1, 0.15) is 6.92 Å². The van der Waals surface area contributed by atoms with Crippen LogP contribution in [0.5, 0.6) is 5.75 Å². The highest BCUT2D eigenvalue weighted by Gasteiger charge is 2.12. The van der Waals surface area contributed by atoms with Crippen molar-refractivity contribution in [2.24, 2.45) is 0 Å². The first-order chi connectivity index (χ1) is 8.54. The van der Waals surface area contributed by atoms with E-state index in [1.807, 2.05) is 6.07 Å². The van der Waals surface area contributed by atoms with Gasteiger partial charge in [-0.2, -0.15) is 5.26 Å². The molecule has 0 spiro atoms. The maximum absolute atomic E-state index is 10.5. The fourth-order valence-electron chi connectivity index (χ4n) is 1.15. The van der Waals surface area contributed by atoms with Gasteiger partial charge in [0.25, 0.3) is 5.69 Å².